The second kappa shape index (κ2) is 12.9. The fourth-order valence-electron chi connectivity index (χ4n) is 3.71. The Kier molecular flexibility index (Phi) is 10.6. The number of carbonyl (C=O) groups excluding carboxylic acids is 2. The molecule has 9 heteroatoms. The molecule has 1 unspecified atom stereocenters. The largest absolute Gasteiger partial charge is 0.354 e. The highest BCUT2D eigenvalue weighted by atomic mass is 35.5. The van der Waals surface area contributed by atoms with Gasteiger partial charge in [0.05, 0.1) is 11.9 Å². The van der Waals surface area contributed by atoms with Gasteiger partial charge in [0, 0.05) is 18.1 Å². The summed E-state index contributed by atoms with van der Waals surface area (Å²) in [4.78, 5) is 28.1. The van der Waals surface area contributed by atoms with E-state index in [4.69, 9.17) is 11.6 Å². The normalized spacial score (nSPS) is 12.2. The first-order valence-electron chi connectivity index (χ1n) is 11.8. The van der Waals surface area contributed by atoms with Gasteiger partial charge in [0.2, 0.25) is 21.8 Å². The van der Waals surface area contributed by atoms with E-state index in [1.807, 2.05) is 33.8 Å². The summed E-state index contributed by atoms with van der Waals surface area (Å²) in [5.41, 5.74) is 3.14. The van der Waals surface area contributed by atoms with Crippen LogP contribution in [0, 0.1) is 13.8 Å². The summed E-state index contributed by atoms with van der Waals surface area (Å²) < 4.78 is 26.5. The number of amides is 2. The van der Waals surface area contributed by atoms with Gasteiger partial charge in [-0.15, -0.1) is 0 Å². The zero-order chi connectivity index (χ0) is 26.2. The Morgan fingerprint density at radius 2 is 1.69 bits per heavy atom. The second-order valence-corrected chi connectivity index (χ2v) is 11.1. The number of halogens is 1. The number of benzene rings is 2. The van der Waals surface area contributed by atoms with Gasteiger partial charge in [-0.05, 0) is 67.6 Å². The molecule has 35 heavy (non-hydrogen) atoms. The van der Waals surface area contributed by atoms with Crippen LogP contribution >= 0.6 is 11.6 Å². The van der Waals surface area contributed by atoms with Crippen molar-refractivity contribution in [3.63, 3.8) is 0 Å². The van der Waals surface area contributed by atoms with Crippen molar-refractivity contribution in [1.29, 1.82) is 0 Å². The number of sulfonamides is 1. The molecule has 0 radical (unpaired) electrons. The second-order valence-electron chi connectivity index (χ2n) is 8.75. The van der Waals surface area contributed by atoms with Gasteiger partial charge in [0.1, 0.15) is 12.6 Å². The molecule has 0 saturated carbocycles. The van der Waals surface area contributed by atoms with Crippen LogP contribution < -0.4 is 9.62 Å². The lowest BCUT2D eigenvalue weighted by Gasteiger charge is -2.33. The standard InChI is InChI=1S/C26H36ClN3O4S/c1-6-8-15-28-26(32)24(7-2)29(17-21-10-12-22(27)13-11-21)25(31)18-30(35(5,33)34)23-14-9-19(3)20(4)16-23/h9-14,16,24H,6-8,15,17-18H2,1-5H3,(H,28,32). The monoisotopic (exact) mass is 521 g/mol. The number of carbonyl (C=O) groups is 2. The van der Waals surface area contributed by atoms with Gasteiger partial charge in [-0.1, -0.05) is 50.1 Å². The van der Waals surface area contributed by atoms with Crippen molar-refractivity contribution in [1.82, 2.24) is 10.2 Å². The van der Waals surface area contributed by atoms with Crippen LogP contribution in [0.3, 0.4) is 0 Å². The van der Waals surface area contributed by atoms with Crippen LogP contribution in [0.2, 0.25) is 5.02 Å². The predicted molar refractivity (Wildman–Crippen MR) is 142 cm³/mol. The lowest BCUT2D eigenvalue weighted by molar-refractivity contribution is -0.140. The molecule has 0 aliphatic heterocycles. The number of hydrogen-bond acceptors (Lipinski definition) is 4. The molecular weight excluding hydrogens is 486 g/mol. The van der Waals surface area contributed by atoms with Gasteiger partial charge >= 0.3 is 0 Å². The van der Waals surface area contributed by atoms with Gasteiger partial charge in [-0.2, -0.15) is 0 Å². The van der Waals surface area contributed by atoms with E-state index in [9.17, 15) is 18.0 Å². The van der Waals surface area contributed by atoms with E-state index in [0.29, 0.717) is 23.7 Å². The Hall–Kier alpha value is -2.58. The summed E-state index contributed by atoms with van der Waals surface area (Å²) >= 11 is 6.01. The number of aryl methyl sites for hydroxylation is 2. The first kappa shape index (κ1) is 28.7. The molecule has 1 N–H and O–H groups in total. The Labute approximate surface area is 214 Å². The summed E-state index contributed by atoms with van der Waals surface area (Å²) in [6.07, 6.45) is 3.24. The SMILES string of the molecule is CCCCNC(=O)C(CC)N(Cc1ccc(Cl)cc1)C(=O)CN(c1ccc(C)c(C)c1)S(C)(=O)=O. The fraction of sp³-hybridized carbons (Fsp3) is 0.462. The first-order valence-corrected chi connectivity index (χ1v) is 14.1. The zero-order valence-electron chi connectivity index (χ0n) is 21.2. The van der Waals surface area contributed by atoms with Crippen molar-refractivity contribution < 1.29 is 18.0 Å². The van der Waals surface area contributed by atoms with Gasteiger partial charge in [-0.25, -0.2) is 8.42 Å². The van der Waals surface area contributed by atoms with Crippen molar-refractivity contribution in [3.05, 3.63) is 64.2 Å². The fourth-order valence-corrected chi connectivity index (χ4v) is 4.67. The molecule has 2 aromatic rings. The minimum Gasteiger partial charge on any atom is -0.354 e. The van der Waals surface area contributed by atoms with Crippen molar-refractivity contribution >= 4 is 39.1 Å². The third-order valence-electron chi connectivity index (χ3n) is 5.94. The van der Waals surface area contributed by atoms with Gasteiger partial charge in [0.25, 0.3) is 0 Å². The number of nitrogens with zero attached hydrogens (tertiary/aromatic N) is 2. The minimum absolute atomic E-state index is 0.153. The number of unbranched alkanes of at least 4 members (excludes halogenated alkanes) is 1. The van der Waals surface area contributed by atoms with Crippen molar-refractivity contribution in [2.75, 3.05) is 23.7 Å². The van der Waals surface area contributed by atoms with E-state index in [0.717, 1.165) is 40.1 Å². The maximum atomic E-state index is 13.6. The third-order valence-corrected chi connectivity index (χ3v) is 7.33. The Morgan fingerprint density at radius 3 is 2.23 bits per heavy atom. The highest BCUT2D eigenvalue weighted by molar-refractivity contribution is 7.92. The Balaban J connectivity index is 2.41. The zero-order valence-corrected chi connectivity index (χ0v) is 22.7. The maximum absolute atomic E-state index is 13.6. The smallest absolute Gasteiger partial charge is 0.244 e. The molecule has 0 heterocycles. The molecule has 0 saturated heterocycles. The molecule has 7 nitrogen and oxygen atoms in total. The van der Waals surface area contributed by atoms with Crippen molar-refractivity contribution in [2.45, 2.75) is 59.5 Å². The molecule has 0 bridgehead atoms. The van der Waals surface area contributed by atoms with E-state index in [1.165, 1.54) is 4.90 Å². The summed E-state index contributed by atoms with van der Waals surface area (Å²) in [5.74, 6) is -0.707. The summed E-state index contributed by atoms with van der Waals surface area (Å²) in [6.45, 7) is 7.96. The Bertz CT molecular complexity index is 1120. The number of rotatable bonds is 12. The Morgan fingerprint density at radius 1 is 1.03 bits per heavy atom. The van der Waals surface area contributed by atoms with E-state index < -0.39 is 28.5 Å². The molecule has 0 aromatic heterocycles. The summed E-state index contributed by atoms with van der Waals surface area (Å²) in [5, 5.41) is 3.47. The van der Waals surface area contributed by atoms with Crippen molar-refractivity contribution in [3.8, 4) is 0 Å². The van der Waals surface area contributed by atoms with Gasteiger partial charge in [0.15, 0.2) is 0 Å². The highest BCUT2D eigenvalue weighted by Crippen LogP contribution is 2.23. The molecule has 2 aromatic carbocycles. The molecule has 192 valence electrons. The van der Waals surface area contributed by atoms with E-state index in [1.54, 1.807) is 36.4 Å². The molecular formula is C26H36ClN3O4S. The quantitative estimate of drug-likeness (QED) is 0.418. The number of hydrogen-bond donors (Lipinski definition) is 1. The van der Waals surface area contributed by atoms with Crippen molar-refractivity contribution in [2.24, 2.45) is 0 Å². The van der Waals surface area contributed by atoms with E-state index >= 15 is 0 Å². The van der Waals surface area contributed by atoms with Crippen LogP contribution in [-0.4, -0.2) is 50.5 Å². The van der Waals surface area contributed by atoms with Crippen LogP contribution in [0.25, 0.3) is 0 Å². The highest BCUT2D eigenvalue weighted by Gasteiger charge is 2.31. The first-order chi connectivity index (χ1) is 16.5. The van der Waals surface area contributed by atoms with Gasteiger partial charge in [-0.3, -0.25) is 13.9 Å². The van der Waals surface area contributed by atoms with E-state index in [2.05, 4.69) is 5.32 Å². The minimum atomic E-state index is -3.76. The molecule has 0 aliphatic carbocycles. The average molecular weight is 522 g/mol. The molecule has 2 amide bonds. The van der Waals surface area contributed by atoms with Crippen LogP contribution in [0.4, 0.5) is 5.69 Å². The maximum Gasteiger partial charge on any atom is 0.244 e. The molecule has 0 fully saturated rings. The topological polar surface area (TPSA) is 86.8 Å². The van der Waals surface area contributed by atoms with Crippen LogP contribution in [0.1, 0.15) is 49.8 Å². The van der Waals surface area contributed by atoms with Crippen LogP contribution in [-0.2, 0) is 26.2 Å². The molecule has 1 atom stereocenters. The summed E-state index contributed by atoms with van der Waals surface area (Å²) in [7, 11) is -3.76. The average Bonchev–Trinajstić information content (AvgIpc) is 2.80. The summed E-state index contributed by atoms with van der Waals surface area (Å²) in [6, 6.07) is 11.6. The molecule has 0 spiro atoms. The van der Waals surface area contributed by atoms with Gasteiger partial charge < -0.3 is 10.2 Å². The molecule has 2 rings (SSSR count). The number of nitrogens with one attached hydrogen (secondary N) is 1. The third kappa shape index (κ3) is 8.25. The van der Waals surface area contributed by atoms with E-state index in [-0.39, 0.29) is 12.5 Å². The molecule has 0 aliphatic rings. The lowest BCUT2D eigenvalue weighted by atomic mass is 10.1. The van der Waals surface area contributed by atoms with Crippen LogP contribution in [0.5, 0.6) is 0 Å². The lowest BCUT2D eigenvalue weighted by Crippen LogP contribution is -2.52. The number of anilines is 1. The van der Waals surface area contributed by atoms with Crippen LogP contribution in [0.15, 0.2) is 42.5 Å². The predicted octanol–water partition coefficient (Wildman–Crippen LogP) is 4.45.